The van der Waals surface area contributed by atoms with Gasteiger partial charge in [-0.1, -0.05) is 17.7 Å². The lowest BCUT2D eigenvalue weighted by molar-refractivity contribution is -0.137. The molecule has 0 fully saturated rings. The van der Waals surface area contributed by atoms with Crippen molar-refractivity contribution in [3.63, 3.8) is 0 Å². The summed E-state index contributed by atoms with van der Waals surface area (Å²) in [7, 11) is 0. The standard InChI is InChI=1S/C9H4ClF3N2/c10-8-7-2-1-6(9(11,12)13)3-5(7)4-14-15-8/h1-4H. The van der Waals surface area contributed by atoms with Crippen LogP contribution in [0.2, 0.25) is 5.15 Å². The molecule has 0 spiro atoms. The largest absolute Gasteiger partial charge is 0.416 e. The molecule has 2 rings (SSSR count). The molecular weight excluding hydrogens is 229 g/mol. The van der Waals surface area contributed by atoms with Gasteiger partial charge >= 0.3 is 6.18 Å². The summed E-state index contributed by atoms with van der Waals surface area (Å²) in [4.78, 5) is 0. The van der Waals surface area contributed by atoms with Gasteiger partial charge in [-0.05, 0) is 12.1 Å². The van der Waals surface area contributed by atoms with Crippen molar-refractivity contribution in [3.05, 3.63) is 35.1 Å². The summed E-state index contributed by atoms with van der Waals surface area (Å²) in [5, 5.41) is 7.90. The smallest absolute Gasteiger partial charge is 0.166 e. The normalized spacial score (nSPS) is 12.0. The first-order valence-corrected chi connectivity index (χ1v) is 4.34. The van der Waals surface area contributed by atoms with E-state index < -0.39 is 11.7 Å². The number of nitrogens with zero attached hydrogens (tertiary/aromatic N) is 2. The van der Waals surface area contributed by atoms with Crippen LogP contribution in [0, 0.1) is 0 Å². The minimum absolute atomic E-state index is 0.0984. The Labute approximate surface area is 87.7 Å². The van der Waals surface area contributed by atoms with Gasteiger partial charge in [-0.25, -0.2) is 0 Å². The molecule has 0 amide bonds. The Kier molecular flexibility index (Phi) is 2.26. The summed E-state index contributed by atoms with van der Waals surface area (Å²) < 4.78 is 37.0. The fourth-order valence-corrected chi connectivity index (χ4v) is 1.45. The van der Waals surface area contributed by atoms with Crippen molar-refractivity contribution in [2.75, 3.05) is 0 Å². The zero-order valence-corrected chi connectivity index (χ0v) is 7.97. The van der Waals surface area contributed by atoms with Gasteiger partial charge in [-0.2, -0.15) is 18.3 Å². The predicted molar refractivity (Wildman–Crippen MR) is 49.6 cm³/mol. The van der Waals surface area contributed by atoms with Crippen molar-refractivity contribution < 1.29 is 13.2 Å². The minimum Gasteiger partial charge on any atom is -0.166 e. The molecule has 0 aliphatic heterocycles. The lowest BCUT2D eigenvalue weighted by Gasteiger charge is -2.07. The van der Waals surface area contributed by atoms with Crippen LogP contribution in [0.4, 0.5) is 13.2 Å². The van der Waals surface area contributed by atoms with E-state index >= 15 is 0 Å². The molecule has 0 unspecified atom stereocenters. The van der Waals surface area contributed by atoms with Gasteiger partial charge in [0, 0.05) is 10.8 Å². The van der Waals surface area contributed by atoms with E-state index in [0.717, 1.165) is 12.1 Å². The molecule has 0 saturated carbocycles. The molecule has 0 aliphatic carbocycles. The number of rotatable bonds is 0. The second kappa shape index (κ2) is 3.34. The van der Waals surface area contributed by atoms with Crippen molar-refractivity contribution in [1.29, 1.82) is 0 Å². The molecule has 1 aromatic heterocycles. The predicted octanol–water partition coefficient (Wildman–Crippen LogP) is 3.30. The van der Waals surface area contributed by atoms with Gasteiger partial charge in [-0.3, -0.25) is 0 Å². The van der Waals surface area contributed by atoms with Crippen LogP contribution in [0.25, 0.3) is 10.8 Å². The highest BCUT2D eigenvalue weighted by Crippen LogP contribution is 2.32. The maximum Gasteiger partial charge on any atom is 0.416 e. The molecule has 15 heavy (non-hydrogen) atoms. The zero-order chi connectivity index (χ0) is 11.1. The van der Waals surface area contributed by atoms with E-state index in [9.17, 15) is 13.2 Å². The highest BCUT2D eigenvalue weighted by molar-refractivity contribution is 6.34. The molecule has 2 nitrogen and oxygen atoms in total. The third-order valence-corrected chi connectivity index (χ3v) is 2.22. The molecule has 2 aromatic rings. The summed E-state index contributed by atoms with van der Waals surface area (Å²) in [6.45, 7) is 0. The summed E-state index contributed by atoms with van der Waals surface area (Å²) in [5.74, 6) is 0. The Morgan fingerprint density at radius 2 is 1.93 bits per heavy atom. The van der Waals surface area contributed by atoms with E-state index in [1.807, 2.05) is 0 Å². The van der Waals surface area contributed by atoms with Gasteiger partial charge in [0.25, 0.3) is 0 Å². The SMILES string of the molecule is FC(F)(F)c1ccc2c(Cl)nncc2c1. The van der Waals surface area contributed by atoms with Crippen LogP contribution in [0.15, 0.2) is 24.4 Å². The van der Waals surface area contributed by atoms with E-state index in [2.05, 4.69) is 10.2 Å². The van der Waals surface area contributed by atoms with Gasteiger partial charge in [0.1, 0.15) is 0 Å². The van der Waals surface area contributed by atoms with E-state index in [1.165, 1.54) is 12.3 Å². The molecule has 6 heteroatoms. The van der Waals surface area contributed by atoms with E-state index in [0.29, 0.717) is 10.8 Å². The molecule has 1 aromatic carbocycles. The second-order valence-corrected chi connectivity index (χ2v) is 3.29. The van der Waals surface area contributed by atoms with Gasteiger partial charge < -0.3 is 0 Å². The molecule has 1 heterocycles. The monoisotopic (exact) mass is 232 g/mol. The molecule has 0 atom stereocenters. The van der Waals surface area contributed by atoms with Gasteiger partial charge in [-0.15, -0.1) is 5.10 Å². The summed E-state index contributed by atoms with van der Waals surface area (Å²) >= 11 is 5.67. The summed E-state index contributed by atoms with van der Waals surface area (Å²) in [6.07, 6.45) is -3.11. The van der Waals surface area contributed by atoms with Crippen molar-refractivity contribution in [2.45, 2.75) is 6.18 Å². The molecule has 0 bridgehead atoms. The van der Waals surface area contributed by atoms with Crippen LogP contribution in [0.3, 0.4) is 0 Å². The molecular formula is C9H4ClF3N2. The van der Waals surface area contributed by atoms with E-state index in [1.54, 1.807) is 0 Å². The van der Waals surface area contributed by atoms with Crippen LogP contribution < -0.4 is 0 Å². The van der Waals surface area contributed by atoms with Gasteiger partial charge in [0.2, 0.25) is 0 Å². The quantitative estimate of drug-likeness (QED) is 0.696. The number of hydrogen-bond donors (Lipinski definition) is 0. The maximum atomic E-state index is 12.3. The Hall–Kier alpha value is -1.36. The molecule has 0 radical (unpaired) electrons. The van der Waals surface area contributed by atoms with Crippen molar-refractivity contribution in [2.24, 2.45) is 0 Å². The number of aromatic nitrogens is 2. The molecule has 78 valence electrons. The lowest BCUT2D eigenvalue weighted by Crippen LogP contribution is -2.04. The Bertz CT molecular complexity index is 510. The Morgan fingerprint density at radius 1 is 1.20 bits per heavy atom. The Balaban J connectivity index is 2.68. The average molecular weight is 233 g/mol. The van der Waals surface area contributed by atoms with E-state index in [-0.39, 0.29) is 5.15 Å². The highest BCUT2D eigenvalue weighted by atomic mass is 35.5. The number of benzene rings is 1. The fourth-order valence-electron chi connectivity index (χ4n) is 1.23. The minimum atomic E-state index is -4.36. The van der Waals surface area contributed by atoms with Gasteiger partial charge in [0.15, 0.2) is 5.15 Å². The second-order valence-electron chi connectivity index (χ2n) is 2.94. The molecule has 0 saturated heterocycles. The van der Waals surface area contributed by atoms with Crippen LogP contribution >= 0.6 is 11.6 Å². The van der Waals surface area contributed by atoms with Crippen molar-refractivity contribution in [1.82, 2.24) is 10.2 Å². The topological polar surface area (TPSA) is 25.8 Å². The number of fused-ring (bicyclic) bond motifs is 1. The third-order valence-electron chi connectivity index (χ3n) is 1.94. The fraction of sp³-hybridized carbons (Fsp3) is 0.111. The number of hydrogen-bond acceptors (Lipinski definition) is 2. The van der Waals surface area contributed by atoms with Crippen LogP contribution in [0.5, 0.6) is 0 Å². The average Bonchev–Trinajstić information content (AvgIpc) is 2.16. The number of halogens is 4. The first-order chi connectivity index (χ1) is 6.98. The number of alkyl halides is 3. The summed E-state index contributed by atoms with van der Waals surface area (Å²) in [5.41, 5.74) is -0.723. The Morgan fingerprint density at radius 3 is 2.60 bits per heavy atom. The lowest BCUT2D eigenvalue weighted by atomic mass is 10.1. The van der Waals surface area contributed by atoms with Crippen molar-refractivity contribution >= 4 is 22.4 Å². The zero-order valence-electron chi connectivity index (χ0n) is 7.22. The highest BCUT2D eigenvalue weighted by Gasteiger charge is 2.30. The van der Waals surface area contributed by atoms with Crippen LogP contribution in [0.1, 0.15) is 5.56 Å². The third kappa shape index (κ3) is 1.87. The van der Waals surface area contributed by atoms with Crippen LogP contribution in [-0.4, -0.2) is 10.2 Å². The molecule has 0 N–H and O–H groups in total. The van der Waals surface area contributed by atoms with Gasteiger partial charge in [0.05, 0.1) is 11.8 Å². The summed E-state index contributed by atoms with van der Waals surface area (Å²) in [6, 6.07) is 3.25. The van der Waals surface area contributed by atoms with E-state index in [4.69, 9.17) is 11.6 Å². The van der Waals surface area contributed by atoms with Crippen molar-refractivity contribution in [3.8, 4) is 0 Å². The first kappa shape index (κ1) is 10.2. The maximum absolute atomic E-state index is 12.3. The van der Waals surface area contributed by atoms with Crippen LogP contribution in [-0.2, 0) is 6.18 Å². The first-order valence-electron chi connectivity index (χ1n) is 3.96. The molecule has 0 aliphatic rings.